The molecular formula is C16H21N3O. The molecule has 0 amide bonds. The van der Waals surface area contributed by atoms with Gasteiger partial charge in [0.1, 0.15) is 0 Å². The zero-order valence-corrected chi connectivity index (χ0v) is 11.9. The van der Waals surface area contributed by atoms with Crippen LogP contribution in [0.5, 0.6) is 0 Å². The third kappa shape index (κ3) is 2.37. The van der Waals surface area contributed by atoms with Crippen LogP contribution in [0.2, 0.25) is 0 Å². The van der Waals surface area contributed by atoms with Gasteiger partial charge in [-0.2, -0.15) is 0 Å². The highest BCUT2D eigenvalue weighted by atomic mass is 16.5. The number of benzene rings is 1. The van der Waals surface area contributed by atoms with Crippen molar-refractivity contribution >= 4 is 16.6 Å². The maximum absolute atomic E-state index is 5.82. The molecule has 1 atom stereocenters. The molecule has 0 radical (unpaired) electrons. The molecule has 0 spiro atoms. The van der Waals surface area contributed by atoms with Crippen molar-refractivity contribution in [2.24, 2.45) is 5.73 Å². The summed E-state index contributed by atoms with van der Waals surface area (Å²) in [5.41, 5.74) is 9.39. The summed E-state index contributed by atoms with van der Waals surface area (Å²) < 4.78 is 5.44. The molecule has 0 bridgehead atoms. The Morgan fingerprint density at radius 1 is 1.30 bits per heavy atom. The van der Waals surface area contributed by atoms with Crippen LogP contribution in [0.3, 0.4) is 0 Å². The summed E-state index contributed by atoms with van der Waals surface area (Å²) in [5, 5.41) is 1.22. The summed E-state index contributed by atoms with van der Waals surface area (Å²) in [6.07, 6.45) is 1.90. The molecule has 1 aliphatic heterocycles. The van der Waals surface area contributed by atoms with Gasteiger partial charge in [-0.3, -0.25) is 4.98 Å². The number of hydrogen-bond donors (Lipinski definition) is 1. The average Bonchev–Trinajstić information content (AvgIpc) is 2.54. The van der Waals surface area contributed by atoms with Gasteiger partial charge in [-0.25, -0.2) is 0 Å². The molecule has 4 nitrogen and oxygen atoms in total. The van der Waals surface area contributed by atoms with E-state index in [4.69, 9.17) is 10.5 Å². The Morgan fingerprint density at radius 3 is 2.85 bits per heavy atom. The SMILES string of the molecule is CC(CN)c1cccc2c(N3CCOCC3)ccnc12. The highest BCUT2D eigenvalue weighted by Gasteiger charge is 2.16. The first kappa shape index (κ1) is 13.3. The second kappa shape index (κ2) is 5.77. The first-order valence-electron chi connectivity index (χ1n) is 7.21. The number of anilines is 1. The van der Waals surface area contributed by atoms with Crippen LogP contribution in [0, 0.1) is 0 Å². The van der Waals surface area contributed by atoms with E-state index in [1.807, 2.05) is 6.20 Å². The van der Waals surface area contributed by atoms with Crippen LogP contribution in [0.4, 0.5) is 5.69 Å². The van der Waals surface area contributed by atoms with Crippen molar-refractivity contribution in [2.75, 3.05) is 37.7 Å². The van der Waals surface area contributed by atoms with Crippen molar-refractivity contribution in [3.8, 4) is 0 Å². The van der Waals surface area contributed by atoms with E-state index in [9.17, 15) is 0 Å². The van der Waals surface area contributed by atoms with Gasteiger partial charge in [0.15, 0.2) is 0 Å². The van der Waals surface area contributed by atoms with Gasteiger partial charge in [0, 0.05) is 30.4 Å². The van der Waals surface area contributed by atoms with E-state index in [1.54, 1.807) is 0 Å². The molecule has 1 unspecified atom stereocenters. The van der Waals surface area contributed by atoms with Crippen molar-refractivity contribution in [1.82, 2.24) is 4.98 Å². The van der Waals surface area contributed by atoms with E-state index >= 15 is 0 Å². The quantitative estimate of drug-likeness (QED) is 0.929. The first-order valence-corrected chi connectivity index (χ1v) is 7.21. The van der Waals surface area contributed by atoms with E-state index in [1.165, 1.54) is 16.6 Å². The fraction of sp³-hybridized carbons (Fsp3) is 0.438. The molecule has 3 rings (SSSR count). The summed E-state index contributed by atoms with van der Waals surface area (Å²) in [4.78, 5) is 6.97. The number of pyridine rings is 1. The summed E-state index contributed by atoms with van der Waals surface area (Å²) in [6.45, 7) is 6.26. The molecule has 20 heavy (non-hydrogen) atoms. The lowest BCUT2D eigenvalue weighted by Gasteiger charge is -2.30. The molecule has 1 saturated heterocycles. The van der Waals surface area contributed by atoms with Gasteiger partial charge in [-0.15, -0.1) is 0 Å². The van der Waals surface area contributed by atoms with E-state index in [2.05, 4.69) is 41.1 Å². The maximum atomic E-state index is 5.82. The summed E-state index contributed by atoms with van der Waals surface area (Å²) >= 11 is 0. The number of nitrogens with two attached hydrogens (primary N) is 1. The molecule has 4 heteroatoms. The monoisotopic (exact) mass is 271 g/mol. The Balaban J connectivity index is 2.10. The summed E-state index contributed by atoms with van der Waals surface area (Å²) in [6, 6.07) is 8.50. The molecule has 2 aromatic rings. The number of rotatable bonds is 3. The number of nitrogens with zero attached hydrogens (tertiary/aromatic N) is 2. The van der Waals surface area contributed by atoms with Crippen LogP contribution in [-0.4, -0.2) is 37.8 Å². The zero-order chi connectivity index (χ0) is 13.9. The number of ether oxygens (including phenoxy) is 1. The summed E-state index contributed by atoms with van der Waals surface area (Å²) in [7, 11) is 0. The Hall–Kier alpha value is -1.65. The molecule has 2 heterocycles. The van der Waals surface area contributed by atoms with Gasteiger partial charge in [0.25, 0.3) is 0 Å². The highest BCUT2D eigenvalue weighted by Crippen LogP contribution is 2.30. The van der Waals surface area contributed by atoms with Crippen LogP contribution in [0.1, 0.15) is 18.4 Å². The predicted octanol–water partition coefficient (Wildman–Crippen LogP) is 2.13. The van der Waals surface area contributed by atoms with E-state index < -0.39 is 0 Å². The minimum Gasteiger partial charge on any atom is -0.378 e. The van der Waals surface area contributed by atoms with Crippen molar-refractivity contribution in [2.45, 2.75) is 12.8 Å². The van der Waals surface area contributed by atoms with Crippen molar-refractivity contribution in [3.63, 3.8) is 0 Å². The second-order valence-electron chi connectivity index (χ2n) is 5.31. The smallest absolute Gasteiger partial charge is 0.0757 e. The first-order chi connectivity index (χ1) is 9.81. The van der Waals surface area contributed by atoms with Crippen molar-refractivity contribution in [3.05, 3.63) is 36.0 Å². The van der Waals surface area contributed by atoms with Gasteiger partial charge in [-0.1, -0.05) is 25.1 Å². The predicted molar refractivity (Wildman–Crippen MR) is 82.2 cm³/mol. The third-order valence-corrected chi connectivity index (χ3v) is 4.02. The molecular weight excluding hydrogens is 250 g/mol. The standard InChI is InChI=1S/C16H21N3O/c1-12(11-17)13-3-2-4-14-15(5-6-18-16(13)14)19-7-9-20-10-8-19/h2-6,12H,7-11,17H2,1H3. The summed E-state index contributed by atoms with van der Waals surface area (Å²) in [5.74, 6) is 0.325. The maximum Gasteiger partial charge on any atom is 0.0757 e. The van der Waals surface area contributed by atoms with Crippen molar-refractivity contribution in [1.29, 1.82) is 0 Å². The number of aromatic nitrogens is 1. The highest BCUT2D eigenvalue weighted by molar-refractivity contribution is 5.93. The molecule has 1 aromatic carbocycles. The Morgan fingerprint density at radius 2 is 2.10 bits per heavy atom. The van der Waals surface area contributed by atoms with Gasteiger partial charge >= 0.3 is 0 Å². The topological polar surface area (TPSA) is 51.4 Å². The minimum absolute atomic E-state index is 0.325. The number of hydrogen-bond acceptors (Lipinski definition) is 4. The van der Waals surface area contributed by atoms with E-state index in [0.29, 0.717) is 12.5 Å². The van der Waals surface area contributed by atoms with Gasteiger partial charge in [0.05, 0.1) is 18.7 Å². The van der Waals surface area contributed by atoms with Crippen LogP contribution in [-0.2, 0) is 4.74 Å². The average molecular weight is 271 g/mol. The third-order valence-electron chi connectivity index (χ3n) is 4.02. The fourth-order valence-corrected chi connectivity index (χ4v) is 2.79. The van der Waals surface area contributed by atoms with Crippen LogP contribution >= 0.6 is 0 Å². The van der Waals surface area contributed by atoms with Crippen LogP contribution < -0.4 is 10.6 Å². The number of fused-ring (bicyclic) bond motifs is 1. The van der Waals surface area contributed by atoms with Gasteiger partial charge in [0.2, 0.25) is 0 Å². The van der Waals surface area contributed by atoms with Crippen LogP contribution in [0.25, 0.3) is 10.9 Å². The van der Waals surface area contributed by atoms with E-state index in [-0.39, 0.29) is 0 Å². The van der Waals surface area contributed by atoms with Gasteiger partial charge < -0.3 is 15.4 Å². The van der Waals surface area contributed by atoms with E-state index in [0.717, 1.165) is 31.8 Å². The molecule has 0 saturated carbocycles. The molecule has 0 aliphatic carbocycles. The Labute approximate surface area is 119 Å². The lowest BCUT2D eigenvalue weighted by molar-refractivity contribution is 0.123. The second-order valence-corrected chi connectivity index (χ2v) is 5.31. The lowest BCUT2D eigenvalue weighted by atomic mass is 9.97. The molecule has 1 aliphatic rings. The lowest BCUT2D eigenvalue weighted by Crippen LogP contribution is -2.36. The van der Waals surface area contributed by atoms with Crippen LogP contribution in [0.15, 0.2) is 30.5 Å². The zero-order valence-electron chi connectivity index (χ0n) is 11.9. The number of para-hydroxylation sites is 1. The number of morpholine rings is 1. The molecule has 1 fully saturated rings. The minimum atomic E-state index is 0.325. The fourth-order valence-electron chi connectivity index (χ4n) is 2.79. The largest absolute Gasteiger partial charge is 0.378 e. The molecule has 2 N–H and O–H groups in total. The Kier molecular flexibility index (Phi) is 3.85. The van der Waals surface area contributed by atoms with Crippen molar-refractivity contribution < 1.29 is 4.74 Å². The normalized spacial score (nSPS) is 17.4. The molecule has 106 valence electrons. The van der Waals surface area contributed by atoms with Gasteiger partial charge in [-0.05, 0) is 24.1 Å². The molecule has 1 aromatic heterocycles. The Bertz CT molecular complexity index is 593.